The SMILES string of the molecule is O=C(NC1C(=O)C=CC=C1C(=O)C1CC1)OCc1ccccc1. The first-order valence-corrected chi connectivity index (χ1v) is 7.58. The minimum absolute atomic E-state index is 0.00908. The van der Waals surface area contributed by atoms with Gasteiger partial charge in [-0.05, 0) is 24.5 Å². The van der Waals surface area contributed by atoms with E-state index in [1.54, 1.807) is 12.2 Å². The molecule has 0 bridgehead atoms. The lowest BCUT2D eigenvalue weighted by Crippen LogP contribution is -2.44. The average molecular weight is 311 g/mol. The topological polar surface area (TPSA) is 72.5 Å². The van der Waals surface area contributed by atoms with Gasteiger partial charge >= 0.3 is 6.09 Å². The van der Waals surface area contributed by atoms with Crippen molar-refractivity contribution in [3.05, 3.63) is 59.7 Å². The molecule has 2 aliphatic carbocycles. The van der Waals surface area contributed by atoms with Gasteiger partial charge in [-0.25, -0.2) is 4.79 Å². The van der Waals surface area contributed by atoms with Crippen LogP contribution in [-0.2, 0) is 20.9 Å². The molecule has 0 aliphatic heterocycles. The molecule has 3 rings (SSSR count). The number of benzene rings is 1. The summed E-state index contributed by atoms with van der Waals surface area (Å²) >= 11 is 0. The summed E-state index contributed by atoms with van der Waals surface area (Å²) in [4.78, 5) is 36.2. The molecule has 2 aliphatic rings. The van der Waals surface area contributed by atoms with E-state index in [1.165, 1.54) is 6.08 Å². The van der Waals surface area contributed by atoms with Crippen molar-refractivity contribution in [2.24, 2.45) is 5.92 Å². The van der Waals surface area contributed by atoms with Gasteiger partial charge in [-0.15, -0.1) is 0 Å². The summed E-state index contributed by atoms with van der Waals surface area (Å²) in [6.07, 6.45) is 5.48. The van der Waals surface area contributed by atoms with E-state index in [1.807, 2.05) is 30.3 Å². The molecular weight excluding hydrogens is 294 g/mol. The average Bonchev–Trinajstić information content (AvgIpc) is 3.40. The van der Waals surface area contributed by atoms with Crippen LogP contribution < -0.4 is 5.32 Å². The normalized spacial score (nSPS) is 19.9. The molecule has 5 nitrogen and oxygen atoms in total. The lowest BCUT2D eigenvalue weighted by molar-refractivity contribution is -0.120. The third-order valence-corrected chi connectivity index (χ3v) is 3.84. The number of rotatable bonds is 5. The van der Waals surface area contributed by atoms with Gasteiger partial charge in [0.05, 0.1) is 0 Å². The zero-order valence-corrected chi connectivity index (χ0v) is 12.5. The number of hydrogen-bond donors (Lipinski definition) is 1. The standard InChI is InChI=1S/C18H17NO4/c20-15-8-4-7-14(17(21)13-9-10-13)16(15)19-18(22)23-11-12-5-2-1-3-6-12/h1-8,13,16H,9-11H2,(H,19,22). The highest BCUT2D eigenvalue weighted by atomic mass is 16.5. The maximum atomic E-state index is 12.2. The molecule has 1 amide bonds. The van der Waals surface area contributed by atoms with E-state index < -0.39 is 12.1 Å². The summed E-state index contributed by atoms with van der Waals surface area (Å²) in [5, 5.41) is 2.50. The van der Waals surface area contributed by atoms with Crippen molar-refractivity contribution in [2.75, 3.05) is 0 Å². The van der Waals surface area contributed by atoms with Gasteiger partial charge in [0.1, 0.15) is 12.6 Å². The molecule has 0 heterocycles. The number of hydrogen-bond acceptors (Lipinski definition) is 4. The number of Topliss-reactive ketones (excluding diaryl/α,β-unsaturated/α-hetero) is 1. The van der Waals surface area contributed by atoms with Crippen LogP contribution in [0.4, 0.5) is 4.79 Å². The van der Waals surface area contributed by atoms with E-state index in [-0.39, 0.29) is 24.1 Å². The number of nitrogens with one attached hydrogen (secondary N) is 1. The molecule has 1 atom stereocenters. The predicted octanol–water partition coefficient (Wildman–Crippen LogP) is 2.33. The second kappa shape index (κ2) is 6.60. The number of carbonyl (C=O) groups excluding carboxylic acids is 3. The van der Waals surface area contributed by atoms with Crippen molar-refractivity contribution in [3.63, 3.8) is 0 Å². The summed E-state index contributed by atoms with van der Waals surface area (Å²) in [6.45, 7) is 0.110. The quantitative estimate of drug-likeness (QED) is 0.906. The third-order valence-electron chi connectivity index (χ3n) is 3.84. The van der Waals surface area contributed by atoms with Crippen LogP contribution in [0.1, 0.15) is 18.4 Å². The second-order valence-electron chi connectivity index (χ2n) is 5.66. The molecule has 5 heteroatoms. The van der Waals surface area contributed by atoms with E-state index >= 15 is 0 Å². The fourth-order valence-electron chi connectivity index (χ4n) is 2.43. The van der Waals surface area contributed by atoms with Crippen LogP contribution in [-0.4, -0.2) is 23.7 Å². The molecule has 0 radical (unpaired) electrons. The monoisotopic (exact) mass is 311 g/mol. The molecule has 1 unspecified atom stereocenters. The molecular formula is C18H17NO4. The van der Waals surface area contributed by atoms with E-state index in [9.17, 15) is 14.4 Å². The Bertz CT molecular complexity index is 686. The van der Waals surface area contributed by atoms with Crippen molar-refractivity contribution in [3.8, 4) is 0 Å². The van der Waals surface area contributed by atoms with Crippen LogP contribution in [0.15, 0.2) is 54.1 Å². The first-order valence-electron chi connectivity index (χ1n) is 7.58. The van der Waals surface area contributed by atoms with Gasteiger partial charge in [-0.1, -0.05) is 42.5 Å². The lowest BCUT2D eigenvalue weighted by atomic mass is 9.92. The van der Waals surface area contributed by atoms with Crippen molar-refractivity contribution < 1.29 is 19.1 Å². The number of allylic oxidation sites excluding steroid dienone is 2. The van der Waals surface area contributed by atoms with E-state index in [2.05, 4.69) is 5.32 Å². The van der Waals surface area contributed by atoms with Gasteiger partial charge in [0.2, 0.25) is 0 Å². The number of ether oxygens (including phenoxy) is 1. The van der Waals surface area contributed by atoms with Gasteiger partial charge in [-0.2, -0.15) is 0 Å². The summed E-state index contributed by atoms with van der Waals surface area (Å²) < 4.78 is 5.12. The van der Waals surface area contributed by atoms with E-state index in [4.69, 9.17) is 4.74 Å². The minimum atomic E-state index is -0.948. The molecule has 1 aromatic rings. The Labute approximate surface area is 134 Å². The summed E-state index contributed by atoms with van der Waals surface area (Å²) in [6, 6.07) is 8.30. The second-order valence-corrected chi connectivity index (χ2v) is 5.66. The molecule has 0 aromatic heterocycles. The molecule has 23 heavy (non-hydrogen) atoms. The molecule has 1 saturated carbocycles. The highest BCUT2D eigenvalue weighted by molar-refractivity contribution is 6.11. The van der Waals surface area contributed by atoms with Crippen LogP contribution in [0, 0.1) is 5.92 Å². The van der Waals surface area contributed by atoms with Gasteiger partial charge in [0, 0.05) is 11.5 Å². The first-order chi connectivity index (χ1) is 11.1. The van der Waals surface area contributed by atoms with E-state index in [0.29, 0.717) is 5.57 Å². The Morgan fingerprint density at radius 2 is 1.91 bits per heavy atom. The van der Waals surface area contributed by atoms with Gasteiger partial charge in [0.15, 0.2) is 11.6 Å². The Balaban J connectivity index is 1.61. The Morgan fingerprint density at radius 3 is 2.61 bits per heavy atom. The summed E-state index contributed by atoms with van der Waals surface area (Å²) in [5.41, 5.74) is 1.19. The Hall–Kier alpha value is -2.69. The number of carbonyl (C=O) groups is 3. The zero-order chi connectivity index (χ0) is 16.2. The molecule has 0 spiro atoms. The summed E-state index contributed by atoms with van der Waals surface area (Å²) in [5.74, 6) is -0.380. The smallest absolute Gasteiger partial charge is 0.408 e. The largest absolute Gasteiger partial charge is 0.445 e. The van der Waals surface area contributed by atoms with Crippen LogP contribution >= 0.6 is 0 Å². The van der Waals surface area contributed by atoms with Crippen LogP contribution in [0.3, 0.4) is 0 Å². The summed E-state index contributed by atoms with van der Waals surface area (Å²) in [7, 11) is 0. The third kappa shape index (κ3) is 3.74. The highest BCUT2D eigenvalue weighted by Gasteiger charge is 2.37. The maximum absolute atomic E-state index is 12.2. The Morgan fingerprint density at radius 1 is 1.17 bits per heavy atom. The van der Waals surface area contributed by atoms with Crippen molar-refractivity contribution in [2.45, 2.75) is 25.5 Å². The fraction of sp³-hybridized carbons (Fsp3) is 0.278. The van der Waals surface area contributed by atoms with Crippen molar-refractivity contribution >= 4 is 17.7 Å². The molecule has 1 aromatic carbocycles. The predicted molar refractivity (Wildman–Crippen MR) is 83.5 cm³/mol. The van der Waals surface area contributed by atoms with Crippen LogP contribution in [0.5, 0.6) is 0 Å². The number of ketones is 2. The van der Waals surface area contributed by atoms with E-state index in [0.717, 1.165) is 18.4 Å². The number of alkyl carbamates (subject to hydrolysis) is 1. The first kappa shape index (κ1) is 15.2. The highest BCUT2D eigenvalue weighted by Crippen LogP contribution is 2.33. The Kier molecular flexibility index (Phi) is 4.37. The minimum Gasteiger partial charge on any atom is -0.445 e. The van der Waals surface area contributed by atoms with Crippen molar-refractivity contribution in [1.82, 2.24) is 5.32 Å². The lowest BCUT2D eigenvalue weighted by Gasteiger charge is -2.20. The zero-order valence-electron chi connectivity index (χ0n) is 12.5. The van der Waals surface area contributed by atoms with Crippen molar-refractivity contribution in [1.29, 1.82) is 0 Å². The van der Waals surface area contributed by atoms with Gasteiger partial charge in [-0.3, -0.25) is 9.59 Å². The fourth-order valence-corrected chi connectivity index (χ4v) is 2.43. The van der Waals surface area contributed by atoms with Gasteiger partial charge < -0.3 is 10.1 Å². The maximum Gasteiger partial charge on any atom is 0.408 e. The molecule has 1 fully saturated rings. The van der Waals surface area contributed by atoms with Crippen LogP contribution in [0.2, 0.25) is 0 Å². The van der Waals surface area contributed by atoms with Gasteiger partial charge in [0.25, 0.3) is 0 Å². The molecule has 0 saturated heterocycles. The molecule has 1 N–H and O–H groups in total. The molecule has 118 valence electrons. The van der Waals surface area contributed by atoms with Crippen LogP contribution in [0.25, 0.3) is 0 Å². The number of amides is 1.